The smallest absolute Gasteiger partial charge is 0.303 e. The first-order valence-electron chi connectivity index (χ1n) is 17.8. The molecule has 2 aromatic rings. The Kier molecular flexibility index (Phi) is 10.2. The molecule has 2 saturated heterocycles. The van der Waals surface area contributed by atoms with E-state index in [1.165, 1.54) is 51.4 Å². The highest BCUT2D eigenvalue weighted by Crippen LogP contribution is 2.48. The normalized spacial score (nSPS) is 30.5. The van der Waals surface area contributed by atoms with Gasteiger partial charge in [0.1, 0.15) is 12.3 Å². The van der Waals surface area contributed by atoms with Crippen LogP contribution in [0.3, 0.4) is 0 Å². The Morgan fingerprint density at radius 1 is 0.956 bits per heavy atom. The summed E-state index contributed by atoms with van der Waals surface area (Å²) in [5.74, 6) is 1.69. The van der Waals surface area contributed by atoms with Crippen LogP contribution in [0.4, 0.5) is 0 Å². The van der Waals surface area contributed by atoms with E-state index in [0.717, 1.165) is 54.7 Å². The summed E-state index contributed by atoms with van der Waals surface area (Å²) in [6, 6.07) is 9.62. The number of aromatic nitrogens is 2. The van der Waals surface area contributed by atoms with Crippen LogP contribution in [-0.4, -0.2) is 80.5 Å². The fourth-order valence-corrected chi connectivity index (χ4v) is 9.56. The molecule has 4 bridgehead atoms. The molecule has 6 rings (SSSR count). The maximum atomic E-state index is 14.5. The van der Waals surface area contributed by atoms with E-state index in [-0.39, 0.29) is 30.1 Å². The molecule has 246 valence electrons. The Balaban J connectivity index is 1.30. The van der Waals surface area contributed by atoms with E-state index in [1.54, 1.807) is 0 Å². The first-order valence-corrected chi connectivity index (χ1v) is 17.8. The molecule has 4 unspecified atom stereocenters. The van der Waals surface area contributed by atoms with E-state index in [1.807, 2.05) is 28.8 Å². The fraction of sp³-hybridized carbons (Fsp3) is 0.722. The predicted molar refractivity (Wildman–Crippen MR) is 178 cm³/mol. The minimum absolute atomic E-state index is 0.0723. The Labute approximate surface area is 268 Å². The highest BCUT2D eigenvalue weighted by molar-refractivity contribution is 6.00. The van der Waals surface area contributed by atoms with Gasteiger partial charge in [0.25, 0.3) is 5.56 Å². The van der Waals surface area contributed by atoms with Crippen molar-refractivity contribution in [3.8, 4) is 0 Å². The van der Waals surface area contributed by atoms with E-state index in [4.69, 9.17) is 9.82 Å². The second-order valence-electron chi connectivity index (χ2n) is 14.4. The van der Waals surface area contributed by atoms with Crippen LogP contribution in [0.1, 0.15) is 110 Å². The summed E-state index contributed by atoms with van der Waals surface area (Å²) in [6.45, 7) is 9.55. The molecule has 4 fully saturated rings. The quantitative estimate of drug-likeness (QED) is 0.174. The average Bonchev–Trinajstić information content (AvgIpc) is 3.01. The van der Waals surface area contributed by atoms with Crippen LogP contribution in [-0.2, 0) is 9.63 Å². The summed E-state index contributed by atoms with van der Waals surface area (Å²) in [5, 5.41) is 13.9. The van der Waals surface area contributed by atoms with Crippen molar-refractivity contribution in [2.45, 2.75) is 122 Å². The first kappa shape index (κ1) is 32.2. The lowest BCUT2D eigenvalue weighted by atomic mass is 9.65. The molecular formula is C36H53N5O4. The van der Waals surface area contributed by atoms with Crippen LogP contribution in [0.2, 0.25) is 0 Å². The highest BCUT2D eigenvalue weighted by atomic mass is 16.6. The number of rotatable bonds is 12. The zero-order valence-corrected chi connectivity index (χ0v) is 27.6. The van der Waals surface area contributed by atoms with Crippen LogP contribution >= 0.6 is 0 Å². The number of nitrogens with zero attached hydrogens (tertiary/aromatic N) is 5. The van der Waals surface area contributed by atoms with Gasteiger partial charge in [0.15, 0.2) is 5.69 Å². The van der Waals surface area contributed by atoms with Gasteiger partial charge in [-0.15, -0.1) is 0 Å². The number of piperidine rings is 2. The van der Waals surface area contributed by atoms with Gasteiger partial charge < -0.3 is 19.4 Å². The molecular weight excluding hydrogens is 566 g/mol. The van der Waals surface area contributed by atoms with Gasteiger partial charge in [0.05, 0.1) is 17.5 Å². The third-order valence-electron chi connectivity index (χ3n) is 11.4. The van der Waals surface area contributed by atoms with Crippen LogP contribution in [0.25, 0.3) is 11.0 Å². The summed E-state index contributed by atoms with van der Waals surface area (Å²) in [5.41, 5.74) is 1.95. The summed E-state index contributed by atoms with van der Waals surface area (Å²) in [6.07, 6.45) is 12.5. The molecule has 1 aromatic carbocycles. The van der Waals surface area contributed by atoms with Crippen molar-refractivity contribution < 1.29 is 14.7 Å². The Bertz CT molecular complexity index is 1390. The van der Waals surface area contributed by atoms with Gasteiger partial charge >= 0.3 is 5.97 Å². The van der Waals surface area contributed by atoms with Gasteiger partial charge in [-0.1, -0.05) is 44.5 Å². The molecule has 2 saturated carbocycles. The number of aliphatic carboxylic acids is 1. The van der Waals surface area contributed by atoms with Crippen molar-refractivity contribution in [3.05, 3.63) is 40.3 Å². The molecule has 2 aliphatic carbocycles. The average molecular weight is 620 g/mol. The SMILES string of the molecule is CCN(CC)CCON=C(CCC(=O)O)c1nc2ccccc2n(C2CC3CCCC(C2)N3C2CC3CC(C)CC(C3)C2)c1=O. The standard InChI is InChI=1S/C36H53N5O4/c1-4-39(5-2)15-16-45-38-32(13-14-34(42)43)35-36(44)41(33-12-7-6-11-31(33)37-35)30-22-27-9-8-10-28(23-30)40(27)29-20-25-17-24(3)18-26(19-25)21-29/h6-7,11-12,24-30H,4-5,8-10,13-23H2,1-3H3,(H,42,43). The van der Waals surface area contributed by atoms with Crippen molar-refractivity contribution in [1.29, 1.82) is 0 Å². The van der Waals surface area contributed by atoms with Gasteiger partial charge in [-0.2, -0.15) is 0 Å². The second-order valence-corrected chi connectivity index (χ2v) is 14.4. The Hall–Kier alpha value is -2.78. The minimum Gasteiger partial charge on any atom is -0.481 e. The molecule has 9 nitrogen and oxygen atoms in total. The summed E-state index contributed by atoms with van der Waals surface area (Å²) < 4.78 is 1.99. The van der Waals surface area contributed by atoms with E-state index < -0.39 is 5.97 Å². The van der Waals surface area contributed by atoms with Crippen LogP contribution in [0.5, 0.6) is 0 Å². The second kappa shape index (κ2) is 14.3. The number of fused-ring (bicyclic) bond motifs is 5. The fourth-order valence-electron chi connectivity index (χ4n) is 9.56. The summed E-state index contributed by atoms with van der Waals surface area (Å²) in [7, 11) is 0. The number of likely N-dealkylation sites (N-methyl/N-ethyl adjacent to an activating group) is 1. The van der Waals surface area contributed by atoms with E-state index in [2.05, 4.69) is 35.7 Å². The predicted octanol–water partition coefficient (Wildman–Crippen LogP) is 6.10. The number of carboxylic acids is 1. The maximum absolute atomic E-state index is 14.5. The number of hydrogen-bond acceptors (Lipinski definition) is 7. The molecule has 3 heterocycles. The van der Waals surface area contributed by atoms with Gasteiger partial charge in [-0.25, -0.2) is 4.98 Å². The summed E-state index contributed by atoms with van der Waals surface area (Å²) >= 11 is 0. The molecule has 1 N–H and O–H groups in total. The summed E-state index contributed by atoms with van der Waals surface area (Å²) in [4.78, 5) is 41.7. The van der Waals surface area contributed by atoms with Gasteiger partial charge in [-0.05, 0) is 101 Å². The minimum atomic E-state index is -0.937. The molecule has 2 aliphatic heterocycles. The Morgan fingerprint density at radius 2 is 1.64 bits per heavy atom. The van der Waals surface area contributed by atoms with Crippen molar-refractivity contribution in [2.75, 3.05) is 26.2 Å². The molecule has 0 amide bonds. The van der Waals surface area contributed by atoms with Crippen molar-refractivity contribution >= 4 is 22.7 Å². The highest BCUT2D eigenvalue weighted by Gasteiger charge is 2.46. The van der Waals surface area contributed by atoms with Crippen molar-refractivity contribution in [3.63, 3.8) is 0 Å². The molecule has 4 aliphatic rings. The third-order valence-corrected chi connectivity index (χ3v) is 11.4. The lowest BCUT2D eigenvalue weighted by Gasteiger charge is -2.55. The van der Waals surface area contributed by atoms with Crippen LogP contribution in [0, 0.1) is 17.8 Å². The number of carbonyl (C=O) groups is 1. The Morgan fingerprint density at radius 3 is 2.31 bits per heavy atom. The number of hydrogen-bond donors (Lipinski definition) is 1. The van der Waals surface area contributed by atoms with E-state index in [9.17, 15) is 14.7 Å². The number of benzene rings is 1. The molecule has 0 spiro atoms. The van der Waals surface area contributed by atoms with Crippen molar-refractivity contribution in [1.82, 2.24) is 19.4 Å². The van der Waals surface area contributed by atoms with Crippen LogP contribution in [0.15, 0.2) is 34.2 Å². The number of para-hydroxylation sites is 2. The van der Waals surface area contributed by atoms with Gasteiger partial charge in [0, 0.05) is 37.1 Å². The zero-order chi connectivity index (χ0) is 31.5. The van der Waals surface area contributed by atoms with E-state index in [0.29, 0.717) is 37.0 Å². The molecule has 4 atom stereocenters. The largest absolute Gasteiger partial charge is 0.481 e. The zero-order valence-electron chi connectivity index (χ0n) is 27.6. The lowest BCUT2D eigenvalue weighted by Crippen LogP contribution is -2.59. The van der Waals surface area contributed by atoms with Gasteiger partial charge in [0.2, 0.25) is 0 Å². The molecule has 0 radical (unpaired) electrons. The number of oxime groups is 1. The molecule has 45 heavy (non-hydrogen) atoms. The molecule has 1 aromatic heterocycles. The lowest BCUT2D eigenvalue weighted by molar-refractivity contribution is -0.136. The number of carboxylic acid groups (broad SMARTS) is 1. The van der Waals surface area contributed by atoms with Crippen molar-refractivity contribution in [2.24, 2.45) is 22.9 Å². The third kappa shape index (κ3) is 7.14. The van der Waals surface area contributed by atoms with Crippen LogP contribution < -0.4 is 5.56 Å². The van der Waals surface area contributed by atoms with E-state index >= 15 is 0 Å². The maximum Gasteiger partial charge on any atom is 0.303 e. The topological polar surface area (TPSA) is 100 Å². The molecule has 9 heteroatoms. The first-order chi connectivity index (χ1) is 21.8. The monoisotopic (exact) mass is 619 g/mol. The van der Waals surface area contributed by atoms with Gasteiger partial charge in [-0.3, -0.25) is 14.5 Å².